The first-order valence-corrected chi connectivity index (χ1v) is 5.04. The standard InChI is InChI=1S/C9H10O3S/c1-3-8-5-4-6-9(7-8)13(10,11)12-2/h3-7H,1H2,2H3. The third-order valence-corrected chi connectivity index (χ3v) is 2.87. The van der Waals surface area contributed by atoms with Gasteiger partial charge in [0.15, 0.2) is 0 Å². The van der Waals surface area contributed by atoms with Crippen LogP contribution in [0.2, 0.25) is 0 Å². The summed E-state index contributed by atoms with van der Waals surface area (Å²) in [7, 11) is -2.44. The van der Waals surface area contributed by atoms with E-state index in [1.807, 2.05) is 0 Å². The molecule has 0 radical (unpaired) electrons. The van der Waals surface area contributed by atoms with Gasteiger partial charge in [-0.1, -0.05) is 24.8 Å². The summed E-state index contributed by atoms with van der Waals surface area (Å²) in [5, 5.41) is 0. The molecule has 0 aliphatic carbocycles. The maximum atomic E-state index is 11.2. The summed E-state index contributed by atoms with van der Waals surface area (Å²) >= 11 is 0. The summed E-state index contributed by atoms with van der Waals surface area (Å²) in [5.74, 6) is 0. The topological polar surface area (TPSA) is 43.4 Å². The Morgan fingerprint density at radius 3 is 2.69 bits per heavy atom. The lowest BCUT2D eigenvalue weighted by Crippen LogP contribution is -2.02. The molecule has 70 valence electrons. The van der Waals surface area contributed by atoms with E-state index in [1.165, 1.54) is 12.1 Å². The highest BCUT2D eigenvalue weighted by Crippen LogP contribution is 2.13. The average molecular weight is 198 g/mol. The van der Waals surface area contributed by atoms with Gasteiger partial charge in [0.05, 0.1) is 12.0 Å². The lowest BCUT2D eigenvalue weighted by Gasteiger charge is -2.01. The molecule has 0 aliphatic heterocycles. The van der Waals surface area contributed by atoms with Gasteiger partial charge in [-0.05, 0) is 17.7 Å². The normalized spacial score (nSPS) is 11.2. The molecular weight excluding hydrogens is 188 g/mol. The van der Waals surface area contributed by atoms with Gasteiger partial charge >= 0.3 is 0 Å². The molecule has 0 bridgehead atoms. The van der Waals surface area contributed by atoms with Crippen LogP contribution in [0.25, 0.3) is 6.08 Å². The van der Waals surface area contributed by atoms with Gasteiger partial charge in [-0.15, -0.1) is 0 Å². The summed E-state index contributed by atoms with van der Waals surface area (Å²) in [6.45, 7) is 3.54. The molecule has 0 atom stereocenters. The molecule has 4 heteroatoms. The second-order valence-electron chi connectivity index (χ2n) is 2.40. The zero-order chi connectivity index (χ0) is 9.90. The Hall–Kier alpha value is -1.13. The largest absolute Gasteiger partial charge is 0.296 e. The fourth-order valence-corrected chi connectivity index (χ4v) is 1.61. The molecule has 0 saturated heterocycles. The van der Waals surface area contributed by atoms with Crippen LogP contribution in [-0.2, 0) is 14.3 Å². The first kappa shape index (κ1) is 9.95. The van der Waals surface area contributed by atoms with Crippen LogP contribution < -0.4 is 0 Å². The third kappa shape index (κ3) is 2.17. The van der Waals surface area contributed by atoms with Crippen LogP contribution in [0.1, 0.15) is 5.56 Å². The van der Waals surface area contributed by atoms with Gasteiger partial charge in [0, 0.05) is 0 Å². The van der Waals surface area contributed by atoms with Crippen molar-refractivity contribution >= 4 is 16.2 Å². The summed E-state index contributed by atoms with van der Waals surface area (Å²) in [6.07, 6.45) is 1.58. The Balaban J connectivity index is 3.24. The number of hydrogen-bond donors (Lipinski definition) is 0. The van der Waals surface area contributed by atoms with Crippen molar-refractivity contribution in [1.82, 2.24) is 0 Å². The number of hydrogen-bond acceptors (Lipinski definition) is 3. The van der Waals surface area contributed by atoms with Crippen LogP contribution in [0.4, 0.5) is 0 Å². The smallest absolute Gasteiger partial charge is 0.270 e. The molecule has 0 N–H and O–H groups in total. The fourth-order valence-electron chi connectivity index (χ4n) is 0.893. The van der Waals surface area contributed by atoms with E-state index < -0.39 is 10.1 Å². The van der Waals surface area contributed by atoms with Crippen molar-refractivity contribution in [3.63, 3.8) is 0 Å². The van der Waals surface area contributed by atoms with Crippen molar-refractivity contribution in [2.75, 3.05) is 7.11 Å². The molecule has 0 spiro atoms. The van der Waals surface area contributed by atoms with E-state index >= 15 is 0 Å². The Labute approximate surface area is 77.8 Å². The van der Waals surface area contributed by atoms with E-state index in [0.29, 0.717) is 0 Å². The first-order chi connectivity index (χ1) is 6.10. The van der Waals surface area contributed by atoms with E-state index in [1.54, 1.807) is 18.2 Å². The predicted molar refractivity (Wildman–Crippen MR) is 50.7 cm³/mol. The van der Waals surface area contributed by atoms with Crippen molar-refractivity contribution in [2.45, 2.75) is 4.90 Å². The van der Waals surface area contributed by atoms with Gasteiger partial charge in [-0.2, -0.15) is 8.42 Å². The van der Waals surface area contributed by atoms with Crippen LogP contribution in [0, 0.1) is 0 Å². The van der Waals surface area contributed by atoms with Gasteiger partial charge in [-0.25, -0.2) is 0 Å². The highest BCUT2D eigenvalue weighted by atomic mass is 32.2. The molecule has 0 aliphatic rings. The minimum absolute atomic E-state index is 0.146. The minimum Gasteiger partial charge on any atom is -0.270 e. The molecular formula is C9H10O3S. The van der Waals surface area contributed by atoms with Gasteiger partial charge < -0.3 is 0 Å². The van der Waals surface area contributed by atoms with E-state index in [9.17, 15) is 8.42 Å². The van der Waals surface area contributed by atoms with Gasteiger partial charge in [0.1, 0.15) is 0 Å². The number of benzene rings is 1. The number of rotatable bonds is 3. The lowest BCUT2D eigenvalue weighted by molar-refractivity contribution is 0.398. The molecule has 1 rings (SSSR count). The molecule has 0 saturated carbocycles. The lowest BCUT2D eigenvalue weighted by atomic mass is 10.2. The average Bonchev–Trinajstić information content (AvgIpc) is 2.18. The van der Waals surface area contributed by atoms with Gasteiger partial charge in [0.2, 0.25) is 0 Å². The maximum Gasteiger partial charge on any atom is 0.296 e. The fraction of sp³-hybridized carbons (Fsp3) is 0.111. The molecule has 13 heavy (non-hydrogen) atoms. The van der Waals surface area contributed by atoms with E-state index in [2.05, 4.69) is 10.8 Å². The van der Waals surface area contributed by atoms with Crippen molar-refractivity contribution in [3.05, 3.63) is 36.4 Å². The summed E-state index contributed by atoms with van der Waals surface area (Å²) in [4.78, 5) is 0.146. The van der Waals surface area contributed by atoms with Crippen LogP contribution in [0.3, 0.4) is 0 Å². The zero-order valence-electron chi connectivity index (χ0n) is 7.23. The van der Waals surface area contributed by atoms with Gasteiger partial charge in [-0.3, -0.25) is 4.18 Å². The summed E-state index contributed by atoms with van der Waals surface area (Å²) in [6, 6.07) is 6.39. The Morgan fingerprint density at radius 2 is 2.15 bits per heavy atom. The van der Waals surface area contributed by atoms with Crippen LogP contribution >= 0.6 is 0 Å². The highest BCUT2D eigenvalue weighted by Gasteiger charge is 2.11. The minimum atomic E-state index is -3.58. The quantitative estimate of drug-likeness (QED) is 0.694. The molecule has 0 aromatic heterocycles. The van der Waals surface area contributed by atoms with E-state index in [4.69, 9.17) is 0 Å². The van der Waals surface area contributed by atoms with E-state index in [-0.39, 0.29) is 4.90 Å². The SMILES string of the molecule is C=Cc1cccc(S(=O)(=O)OC)c1. The Kier molecular flexibility index (Phi) is 2.85. The molecule has 0 fully saturated rings. The van der Waals surface area contributed by atoms with Crippen molar-refractivity contribution in [3.8, 4) is 0 Å². The summed E-state index contributed by atoms with van der Waals surface area (Å²) in [5.41, 5.74) is 0.748. The van der Waals surface area contributed by atoms with Crippen molar-refractivity contribution in [1.29, 1.82) is 0 Å². The third-order valence-electron chi connectivity index (χ3n) is 1.60. The highest BCUT2D eigenvalue weighted by molar-refractivity contribution is 7.86. The zero-order valence-corrected chi connectivity index (χ0v) is 8.04. The molecule has 1 aromatic rings. The summed E-state index contributed by atoms with van der Waals surface area (Å²) < 4.78 is 26.8. The molecule has 3 nitrogen and oxygen atoms in total. The predicted octanol–water partition coefficient (Wildman–Crippen LogP) is 1.66. The molecule has 0 amide bonds. The molecule has 0 heterocycles. The molecule has 1 aromatic carbocycles. The van der Waals surface area contributed by atoms with Crippen molar-refractivity contribution < 1.29 is 12.6 Å². The second-order valence-corrected chi connectivity index (χ2v) is 4.11. The monoisotopic (exact) mass is 198 g/mol. The Morgan fingerprint density at radius 1 is 1.46 bits per heavy atom. The van der Waals surface area contributed by atoms with Gasteiger partial charge in [0.25, 0.3) is 10.1 Å². The van der Waals surface area contributed by atoms with Crippen LogP contribution in [0.5, 0.6) is 0 Å². The Bertz CT molecular complexity index is 407. The maximum absolute atomic E-state index is 11.2. The van der Waals surface area contributed by atoms with E-state index in [0.717, 1.165) is 12.7 Å². The van der Waals surface area contributed by atoms with Crippen molar-refractivity contribution in [2.24, 2.45) is 0 Å². The van der Waals surface area contributed by atoms with Crippen LogP contribution in [0.15, 0.2) is 35.7 Å². The second kappa shape index (κ2) is 3.72. The molecule has 0 unspecified atom stereocenters. The first-order valence-electron chi connectivity index (χ1n) is 3.63. The van der Waals surface area contributed by atoms with Crippen LogP contribution in [-0.4, -0.2) is 15.5 Å².